The number of pyridine rings is 1. The fraction of sp³-hybridized carbons (Fsp3) is 0.545. The van der Waals surface area contributed by atoms with Gasteiger partial charge in [-0.15, -0.1) is 0 Å². The monoisotopic (exact) mass is 227 g/mol. The Balaban J connectivity index is 1.96. The van der Waals surface area contributed by atoms with E-state index in [4.69, 9.17) is 5.73 Å². The maximum Gasteiger partial charge on any atom is 0.241 e. The van der Waals surface area contributed by atoms with Crippen molar-refractivity contribution in [2.75, 3.05) is 23.7 Å². The van der Waals surface area contributed by atoms with Gasteiger partial charge in [0.2, 0.25) is 6.43 Å². The number of rotatable bonds is 2. The zero-order valence-corrected chi connectivity index (χ0v) is 8.94. The van der Waals surface area contributed by atoms with E-state index in [-0.39, 0.29) is 0 Å². The van der Waals surface area contributed by atoms with Gasteiger partial charge >= 0.3 is 0 Å². The second-order valence-electron chi connectivity index (χ2n) is 4.11. The largest absolute Gasteiger partial charge is 0.397 e. The molecule has 0 radical (unpaired) electrons. The highest BCUT2D eigenvalue weighted by atomic mass is 19.3. The highest BCUT2D eigenvalue weighted by Gasteiger charge is 2.26. The lowest BCUT2D eigenvalue weighted by Gasteiger charge is -2.32. The third-order valence-electron chi connectivity index (χ3n) is 2.99. The summed E-state index contributed by atoms with van der Waals surface area (Å²) in [5, 5.41) is 0. The van der Waals surface area contributed by atoms with Gasteiger partial charge < -0.3 is 10.6 Å². The van der Waals surface area contributed by atoms with Gasteiger partial charge in [-0.05, 0) is 25.0 Å². The van der Waals surface area contributed by atoms with Crippen molar-refractivity contribution in [2.24, 2.45) is 5.92 Å². The van der Waals surface area contributed by atoms with Gasteiger partial charge in [0.05, 0.1) is 11.9 Å². The predicted octanol–water partition coefficient (Wildman–Crippen LogP) is 2.15. The summed E-state index contributed by atoms with van der Waals surface area (Å²) < 4.78 is 24.9. The molecule has 0 atom stereocenters. The molecule has 3 nitrogen and oxygen atoms in total. The second kappa shape index (κ2) is 4.63. The molecule has 0 saturated carbocycles. The number of nitrogen functional groups attached to an aromatic ring is 1. The van der Waals surface area contributed by atoms with Gasteiger partial charge in [-0.3, -0.25) is 0 Å². The van der Waals surface area contributed by atoms with Gasteiger partial charge in [0, 0.05) is 19.0 Å². The second-order valence-corrected chi connectivity index (χ2v) is 4.11. The average Bonchev–Trinajstić information content (AvgIpc) is 2.30. The van der Waals surface area contributed by atoms with Crippen LogP contribution in [0.25, 0.3) is 0 Å². The van der Waals surface area contributed by atoms with Crippen molar-refractivity contribution < 1.29 is 8.78 Å². The number of nitrogens with two attached hydrogens (primary N) is 1. The van der Waals surface area contributed by atoms with E-state index in [1.54, 1.807) is 12.3 Å². The zero-order valence-electron chi connectivity index (χ0n) is 8.94. The summed E-state index contributed by atoms with van der Waals surface area (Å²) in [6, 6.07) is 3.61. The first-order valence-electron chi connectivity index (χ1n) is 5.41. The van der Waals surface area contributed by atoms with Gasteiger partial charge in [-0.1, -0.05) is 0 Å². The Bertz CT molecular complexity index is 332. The number of hydrogen-bond acceptors (Lipinski definition) is 3. The fourth-order valence-electron chi connectivity index (χ4n) is 1.97. The Morgan fingerprint density at radius 1 is 1.31 bits per heavy atom. The molecule has 88 valence electrons. The maximum atomic E-state index is 12.5. The molecule has 0 aliphatic carbocycles. The molecule has 5 heteroatoms. The van der Waals surface area contributed by atoms with Crippen LogP contribution in [-0.4, -0.2) is 24.5 Å². The number of alkyl halides is 2. The average molecular weight is 227 g/mol. The summed E-state index contributed by atoms with van der Waals surface area (Å²) in [6.07, 6.45) is 0.462. The summed E-state index contributed by atoms with van der Waals surface area (Å²) in [5.41, 5.74) is 6.15. The Hall–Kier alpha value is -1.39. The van der Waals surface area contributed by atoms with Gasteiger partial charge in [0.15, 0.2) is 0 Å². The molecule has 2 rings (SSSR count). The highest BCUT2D eigenvalue weighted by Crippen LogP contribution is 2.26. The third-order valence-corrected chi connectivity index (χ3v) is 2.99. The normalized spacial score (nSPS) is 18.1. The number of hydrogen-bond donors (Lipinski definition) is 1. The van der Waals surface area contributed by atoms with Gasteiger partial charge in [-0.25, -0.2) is 13.8 Å². The zero-order chi connectivity index (χ0) is 11.5. The molecule has 0 spiro atoms. The molecule has 2 heterocycles. The molecular formula is C11H15F2N3. The molecule has 2 N–H and O–H groups in total. The quantitative estimate of drug-likeness (QED) is 0.841. The van der Waals surface area contributed by atoms with Crippen molar-refractivity contribution in [3.05, 3.63) is 18.3 Å². The summed E-state index contributed by atoms with van der Waals surface area (Å²) in [5.74, 6) is 0.368. The maximum absolute atomic E-state index is 12.5. The molecule has 1 aromatic rings. The Morgan fingerprint density at radius 2 is 2.00 bits per heavy atom. The van der Waals surface area contributed by atoms with E-state index in [1.165, 1.54) is 0 Å². The van der Waals surface area contributed by atoms with Gasteiger partial charge in [-0.2, -0.15) is 0 Å². The van der Waals surface area contributed by atoms with E-state index in [0.717, 1.165) is 5.82 Å². The Morgan fingerprint density at radius 3 is 2.50 bits per heavy atom. The van der Waals surface area contributed by atoms with Crippen molar-refractivity contribution in [2.45, 2.75) is 19.3 Å². The number of nitrogens with zero attached hydrogens (tertiary/aromatic N) is 2. The molecule has 0 unspecified atom stereocenters. The van der Waals surface area contributed by atoms with E-state index >= 15 is 0 Å². The molecular weight excluding hydrogens is 212 g/mol. The number of anilines is 2. The molecule has 1 aliphatic heterocycles. The summed E-state index contributed by atoms with van der Waals surface area (Å²) in [7, 11) is 0. The van der Waals surface area contributed by atoms with E-state index in [9.17, 15) is 8.78 Å². The molecule has 0 aromatic carbocycles. The minimum absolute atomic E-state index is 0.454. The molecule has 1 aromatic heterocycles. The minimum atomic E-state index is -2.19. The first-order valence-corrected chi connectivity index (χ1v) is 5.41. The molecule has 1 aliphatic rings. The van der Waals surface area contributed by atoms with Gasteiger partial charge in [0.1, 0.15) is 5.82 Å². The van der Waals surface area contributed by atoms with Crippen LogP contribution in [0.3, 0.4) is 0 Å². The lowest BCUT2D eigenvalue weighted by atomic mass is 9.97. The lowest BCUT2D eigenvalue weighted by molar-refractivity contribution is 0.0635. The van der Waals surface area contributed by atoms with Gasteiger partial charge in [0.25, 0.3) is 0 Å². The summed E-state index contributed by atoms with van der Waals surface area (Å²) >= 11 is 0. The molecule has 0 amide bonds. The van der Waals surface area contributed by atoms with Crippen molar-refractivity contribution in [3.63, 3.8) is 0 Å². The van der Waals surface area contributed by atoms with E-state index in [2.05, 4.69) is 4.98 Å². The van der Waals surface area contributed by atoms with E-state index in [1.807, 2.05) is 11.0 Å². The van der Waals surface area contributed by atoms with Crippen molar-refractivity contribution in [1.82, 2.24) is 4.98 Å². The topological polar surface area (TPSA) is 42.1 Å². The van der Waals surface area contributed by atoms with Crippen LogP contribution in [0.5, 0.6) is 0 Å². The van der Waals surface area contributed by atoms with Crippen LogP contribution in [0.4, 0.5) is 20.3 Å². The standard InChI is InChI=1S/C11H15F2N3/c12-11(13)8-3-5-16(6-4-8)10-2-1-9(14)7-15-10/h1-2,7-8,11H,3-6,14H2. The van der Waals surface area contributed by atoms with Crippen LogP contribution in [0.2, 0.25) is 0 Å². The van der Waals surface area contributed by atoms with Crippen LogP contribution in [-0.2, 0) is 0 Å². The fourth-order valence-corrected chi connectivity index (χ4v) is 1.97. The predicted molar refractivity (Wildman–Crippen MR) is 59.6 cm³/mol. The Kier molecular flexibility index (Phi) is 3.22. The SMILES string of the molecule is Nc1ccc(N2CCC(C(F)F)CC2)nc1. The van der Waals surface area contributed by atoms with E-state index in [0.29, 0.717) is 31.6 Å². The van der Waals surface area contributed by atoms with Crippen LogP contribution in [0.15, 0.2) is 18.3 Å². The lowest BCUT2D eigenvalue weighted by Crippen LogP contribution is -2.36. The van der Waals surface area contributed by atoms with Crippen molar-refractivity contribution in [3.8, 4) is 0 Å². The van der Waals surface area contributed by atoms with Crippen LogP contribution < -0.4 is 10.6 Å². The van der Waals surface area contributed by atoms with Crippen LogP contribution in [0.1, 0.15) is 12.8 Å². The summed E-state index contributed by atoms with van der Waals surface area (Å²) in [4.78, 5) is 6.21. The molecule has 1 fully saturated rings. The number of halogens is 2. The Labute approximate surface area is 93.3 Å². The van der Waals surface area contributed by atoms with Crippen molar-refractivity contribution in [1.29, 1.82) is 0 Å². The van der Waals surface area contributed by atoms with Crippen LogP contribution in [0, 0.1) is 5.92 Å². The van der Waals surface area contributed by atoms with Crippen molar-refractivity contribution >= 4 is 11.5 Å². The smallest absolute Gasteiger partial charge is 0.241 e. The molecule has 16 heavy (non-hydrogen) atoms. The number of aromatic nitrogens is 1. The van der Waals surface area contributed by atoms with Crippen LogP contribution >= 0.6 is 0 Å². The highest BCUT2D eigenvalue weighted by molar-refractivity contribution is 5.45. The third kappa shape index (κ3) is 2.40. The van der Waals surface area contributed by atoms with E-state index < -0.39 is 12.3 Å². The summed E-state index contributed by atoms with van der Waals surface area (Å²) in [6.45, 7) is 1.29. The minimum Gasteiger partial charge on any atom is -0.397 e. The number of piperidine rings is 1. The first-order chi connectivity index (χ1) is 7.66. The molecule has 0 bridgehead atoms. The molecule has 1 saturated heterocycles. The first kappa shape index (κ1) is 11.1.